The van der Waals surface area contributed by atoms with E-state index in [1.165, 1.54) is 47.1 Å². The number of aryl methyl sites for hydroxylation is 3. The average Bonchev–Trinajstić information content (AvgIpc) is 2.98. The summed E-state index contributed by atoms with van der Waals surface area (Å²) in [6, 6.07) is 21.8. The van der Waals surface area contributed by atoms with E-state index in [9.17, 15) is 15.0 Å². The highest BCUT2D eigenvalue weighted by atomic mass is 16.5. The zero-order chi connectivity index (χ0) is 28.1. The van der Waals surface area contributed by atoms with E-state index < -0.39 is 5.41 Å². The van der Waals surface area contributed by atoms with Crippen molar-refractivity contribution in [2.24, 2.45) is 5.41 Å². The van der Waals surface area contributed by atoms with Gasteiger partial charge in [-0.2, -0.15) is 0 Å². The molecule has 0 saturated heterocycles. The van der Waals surface area contributed by atoms with Gasteiger partial charge in [0.05, 0.1) is 26.4 Å². The number of hydrogen-bond donors (Lipinski definition) is 2. The van der Waals surface area contributed by atoms with Gasteiger partial charge in [0, 0.05) is 5.41 Å². The van der Waals surface area contributed by atoms with Gasteiger partial charge in [-0.15, -0.1) is 0 Å². The number of unbranched alkanes of at least 4 members (excludes halogenated alkanes) is 2. The zero-order valence-electron chi connectivity index (χ0n) is 23.7. The third kappa shape index (κ3) is 8.67. The van der Waals surface area contributed by atoms with Crippen LogP contribution in [-0.2, 0) is 28.8 Å². The number of benzene rings is 3. The topological polar surface area (TPSA) is 76.0 Å². The molecule has 0 amide bonds. The maximum Gasteiger partial charge on any atom is 0.293 e. The van der Waals surface area contributed by atoms with E-state index in [1.807, 2.05) is 6.07 Å². The maximum atomic E-state index is 10.6. The Labute approximate surface area is 233 Å². The first-order chi connectivity index (χ1) is 19.0. The van der Waals surface area contributed by atoms with E-state index in [1.54, 1.807) is 6.92 Å². The molecular weight excluding hydrogens is 488 g/mol. The van der Waals surface area contributed by atoms with Crippen LogP contribution in [0.1, 0.15) is 63.1 Å². The van der Waals surface area contributed by atoms with Crippen LogP contribution in [0, 0.1) is 5.41 Å². The van der Waals surface area contributed by atoms with Gasteiger partial charge in [0.25, 0.3) is 6.47 Å². The highest BCUT2D eigenvalue weighted by Gasteiger charge is 2.24. The fourth-order valence-electron chi connectivity index (χ4n) is 4.66. The van der Waals surface area contributed by atoms with Crippen molar-refractivity contribution < 1.29 is 24.5 Å². The van der Waals surface area contributed by atoms with E-state index in [4.69, 9.17) is 9.47 Å². The largest absolute Gasteiger partial charge is 0.493 e. The molecule has 0 aliphatic heterocycles. The molecule has 3 aromatic rings. The van der Waals surface area contributed by atoms with Crippen LogP contribution in [-0.4, -0.2) is 43.1 Å². The number of carbonyl (C=O) groups excluding carboxylic acids is 1. The average molecular weight is 533 g/mol. The molecule has 3 aromatic carbocycles. The van der Waals surface area contributed by atoms with Crippen LogP contribution in [0.15, 0.2) is 60.7 Å². The number of aliphatic hydroxyl groups excluding tert-OH is 2. The molecule has 0 atom stereocenters. The molecule has 2 N–H and O–H groups in total. The summed E-state index contributed by atoms with van der Waals surface area (Å²) in [7, 11) is 0. The summed E-state index contributed by atoms with van der Waals surface area (Å²) in [4.78, 5) is 10.6. The van der Waals surface area contributed by atoms with Gasteiger partial charge in [-0.05, 0) is 83.2 Å². The number of hydrogen-bond acceptors (Lipinski definition) is 5. The van der Waals surface area contributed by atoms with Gasteiger partial charge in [0.1, 0.15) is 5.75 Å². The van der Waals surface area contributed by atoms with Gasteiger partial charge in [0.2, 0.25) is 0 Å². The molecule has 0 heterocycles. The van der Waals surface area contributed by atoms with Crippen molar-refractivity contribution in [2.45, 2.75) is 65.7 Å². The Hall–Kier alpha value is -3.15. The summed E-state index contributed by atoms with van der Waals surface area (Å²) in [6.07, 6.45) is 7.14. The second kappa shape index (κ2) is 15.4. The smallest absolute Gasteiger partial charge is 0.293 e. The maximum absolute atomic E-state index is 10.6. The molecule has 0 spiro atoms. The molecule has 0 fully saturated rings. The summed E-state index contributed by atoms with van der Waals surface area (Å²) in [6.45, 7) is 6.87. The van der Waals surface area contributed by atoms with Crippen LogP contribution in [0.3, 0.4) is 0 Å². The summed E-state index contributed by atoms with van der Waals surface area (Å²) in [5.41, 5.74) is 7.68. The minimum Gasteiger partial charge on any atom is -0.493 e. The fraction of sp³-hybridized carbons (Fsp3) is 0.441. The third-order valence-corrected chi connectivity index (χ3v) is 7.33. The summed E-state index contributed by atoms with van der Waals surface area (Å²) < 4.78 is 11.0. The molecule has 0 aliphatic rings. The van der Waals surface area contributed by atoms with Crippen molar-refractivity contribution in [1.82, 2.24) is 0 Å². The summed E-state index contributed by atoms with van der Waals surface area (Å²) in [5, 5.41) is 19.3. The fourth-order valence-corrected chi connectivity index (χ4v) is 4.66. The lowest BCUT2D eigenvalue weighted by Gasteiger charge is -2.25. The molecule has 210 valence electrons. The van der Waals surface area contributed by atoms with Crippen molar-refractivity contribution in [2.75, 3.05) is 26.4 Å². The van der Waals surface area contributed by atoms with Gasteiger partial charge >= 0.3 is 0 Å². The Bertz CT molecular complexity index is 1160. The highest BCUT2D eigenvalue weighted by Crippen LogP contribution is 2.33. The molecule has 0 aromatic heterocycles. The molecule has 0 radical (unpaired) electrons. The molecule has 0 aliphatic carbocycles. The Balaban J connectivity index is 1.86. The normalized spacial score (nSPS) is 11.4. The van der Waals surface area contributed by atoms with Crippen molar-refractivity contribution in [3.05, 3.63) is 77.4 Å². The molecule has 0 bridgehead atoms. The Kier molecular flexibility index (Phi) is 12.0. The summed E-state index contributed by atoms with van der Waals surface area (Å²) in [5.74, 6) is 0.715. The van der Waals surface area contributed by atoms with Crippen LogP contribution in [0.2, 0.25) is 0 Å². The van der Waals surface area contributed by atoms with Crippen LogP contribution in [0.5, 0.6) is 5.75 Å². The van der Waals surface area contributed by atoms with Gasteiger partial charge in [0.15, 0.2) is 0 Å². The second-order valence-corrected chi connectivity index (χ2v) is 10.7. The van der Waals surface area contributed by atoms with Crippen LogP contribution < -0.4 is 4.74 Å². The molecule has 0 unspecified atom stereocenters. The van der Waals surface area contributed by atoms with E-state index in [-0.39, 0.29) is 19.8 Å². The SMILES string of the molecule is CCCCCc1ccc(-c2ccc(-c3ccc(OCC(C)(CO)CO)c(CCCOC=O)c3)c(CC)c2)cc1. The predicted molar refractivity (Wildman–Crippen MR) is 158 cm³/mol. The first-order valence-corrected chi connectivity index (χ1v) is 14.2. The molecule has 3 rings (SSSR count). The lowest BCUT2D eigenvalue weighted by Crippen LogP contribution is -2.33. The van der Waals surface area contributed by atoms with E-state index >= 15 is 0 Å². The molecular formula is C34H44O5. The quantitative estimate of drug-likeness (QED) is 0.148. The van der Waals surface area contributed by atoms with Gasteiger partial charge in [-0.1, -0.05) is 82.1 Å². The van der Waals surface area contributed by atoms with E-state index in [2.05, 4.69) is 68.4 Å². The first-order valence-electron chi connectivity index (χ1n) is 14.2. The monoisotopic (exact) mass is 532 g/mol. The minimum atomic E-state index is -0.727. The molecule has 39 heavy (non-hydrogen) atoms. The first kappa shape index (κ1) is 30.4. The van der Waals surface area contributed by atoms with Gasteiger partial charge in [-0.3, -0.25) is 4.79 Å². The highest BCUT2D eigenvalue weighted by molar-refractivity contribution is 5.75. The lowest BCUT2D eigenvalue weighted by molar-refractivity contribution is -0.128. The minimum absolute atomic E-state index is 0.169. The molecule has 0 saturated carbocycles. The van der Waals surface area contributed by atoms with Crippen LogP contribution in [0.4, 0.5) is 0 Å². The van der Waals surface area contributed by atoms with Gasteiger partial charge < -0.3 is 19.7 Å². The number of ether oxygens (including phenoxy) is 2. The van der Waals surface area contributed by atoms with Crippen LogP contribution in [0.25, 0.3) is 22.3 Å². The molecule has 5 nitrogen and oxygen atoms in total. The number of carbonyl (C=O) groups is 1. The summed E-state index contributed by atoms with van der Waals surface area (Å²) >= 11 is 0. The Morgan fingerprint density at radius 2 is 1.49 bits per heavy atom. The van der Waals surface area contributed by atoms with E-state index in [0.29, 0.717) is 31.7 Å². The van der Waals surface area contributed by atoms with Crippen molar-refractivity contribution in [3.63, 3.8) is 0 Å². The number of rotatable bonds is 17. The van der Waals surface area contributed by atoms with E-state index in [0.717, 1.165) is 24.0 Å². The van der Waals surface area contributed by atoms with Crippen LogP contribution >= 0.6 is 0 Å². The van der Waals surface area contributed by atoms with Crippen molar-refractivity contribution in [1.29, 1.82) is 0 Å². The second-order valence-electron chi connectivity index (χ2n) is 10.7. The Morgan fingerprint density at radius 1 is 0.795 bits per heavy atom. The predicted octanol–water partition coefficient (Wildman–Crippen LogP) is 6.79. The molecule has 5 heteroatoms. The number of aliphatic hydroxyl groups is 2. The van der Waals surface area contributed by atoms with Gasteiger partial charge in [-0.25, -0.2) is 0 Å². The standard InChI is InChI=1S/C34H44O5/c1-4-6-7-9-26-11-13-28(14-12-26)29-15-17-32(27(5-2)20-29)30-16-18-33(39-24-34(3,22-35)23-36)31(21-30)10-8-19-38-25-37/h11-18,20-21,25,35-36H,4-10,19,22-24H2,1-3H3. The van der Waals surface area contributed by atoms with Crippen molar-refractivity contribution >= 4 is 6.47 Å². The zero-order valence-corrected chi connectivity index (χ0v) is 23.7. The van der Waals surface area contributed by atoms with Crippen molar-refractivity contribution in [3.8, 4) is 28.0 Å². The third-order valence-electron chi connectivity index (χ3n) is 7.33. The lowest BCUT2D eigenvalue weighted by atomic mass is 9.91. The Morgan fingerprint density at radius 3 is 2.15 bits per heavy atom.